The van der Waals surface area contributed by atoms with Gasteiger partial charge < -0.3 is 15.2 Å². The molecule has 4 heteroatoms. The molecule has 0 unspecified atom stereocenters. The monoisotopic (exact) mass is 250 g/mol. The van der Waals surface area contributed by atoms with Gasteiger partial charge in [-0.05, 0) is 32.2 Å². The number of aromatic nitrogens is 2. The van der Waals surface area contributed by atoms with E-state index in [0.29, 0.717) is 6.04 Å². The van der Waals surface area contributed by atoms with E-state index in [2.05, 4.69) is 29.6 Å². The van der Waals surface area contributed by atoms with Gasteiger partial charge in [-0.1, -0.05) is 19.8 Å². The molecule has 0 radical (unpaired) electrons. The van der Waals surface area contributed by atoms with Crippen molar-refractivity contribution in [2.24, 2.45) is 5.73 Å². The van der Waals surface area contributed by atoms with Crippen LogP contribution in [0.25, 0.3) is 0 Å². The van der Waals surface area contributed by atoms with Crippen molar-refractivity contribution in [2.45, 2.75) is 51.5 Å². The predicted octanol–water partition coefficient (Wildman–Crippen LogP) is 2.35. The van der Waals surface area contributed by atoms with Gasteiger partial charge in [0.15, 0.2) is 0 Å². The van der Waals surface area contributed by atoms with Crippen molar-refractivity contribution in [3.05, 3.63) is 11.9 Å². The lowest BCUT2D eigenvalue weighted by Gasteiger charge is -2.22. The second kappa shape index (κ2) is 6.23. The Labute approximate surface area is 110 Å². The number of hydrogen-bond acceptors (Lipinski definition) is 3. The molecule has 0 spiro atoms. The molecule has 102 valence electrons. The minimum absolute atomic E-state index is 0.660. The van der Waals surface area contributed by atoms with Gasteiger partial charge in [-0.2, -0.15) is 0 Å². The van der Waals surface area contributed by atoms with Crippen molar-refractivity contribution in [1.82, 2.24) is 9.55 Å². The standard InChI is InChI=1S/C14H26N4/c1-3-12-11-18(13-7-4-5-8-13)14(16-12)17(2)10-6-9-15/h11,13H,3-10,15H2,1-2H3. The summed E-state index contributed by atoms with van der Waals surface area (Å²) in [5, 5.41) is 0. The number of imidazole rings is 1. The molecule has 18 heavy (non-hydrogen) atoms. The first-order valence-electron chi connectivity index (χ1n) is 7.25. The predicted molar refractivity (Wildman–Crippen MR) is 76.1 cm³/mol. The van der Waals surface area contributed by atoms with Crippen LogP contribution in [0.15, 0.2) is 6.20 Å². The number of rotatable bonds is 6. The molecular formula is C14H26N4. The molecule has 2 N–H and O–H groups in total. The Morgan fingerprint density at radius 3 is 2.78 bits per heavy atom. The zero-order chi connectivity index (χ0) is 13.0. The second-order valence-corrected chi connectivity index (χ2v) is 5.30. The van der Waals surface area contributed by atoms with Crippen molar-refractivity contribution < 1.29 is 0 Å². The molecule has 4 nitrogen and oxygen atoms in total. The summed E-state index contributed by atoms with van der Waals surface area (Å²) in [4.78, 5) is 7.03. The van der Waals surface area contributed by atoms with E-state index in [4.69, 9.17) is 10.7 Å². The van der Waals surface area contributed by atoms with Gasteiger partial charge in [0, 0.05) is 25.8 Å². The molecule has 1 aliphatic carbocycles. The van der Waals surface area contributed by atoms with E-state index in [9.17, 15) is 0 Å². The average molecular weight is 250 g/mol. The maximum absolute atomic E-state index is 5.59. The number of nitrogens with two attached hydrogens (primary N) is 1. The van der Waals surface area contributed by atoms with Crippen LogP contribution in [0.5, 0.6) is 0 Å². The summed E-state index contributed by atoms with van der Waals surface area (Å²) in [7, 11) is 2.13. The van der Waals surface area contributed by atoms with Crippen LogP contribution in [-0.2, 0) is 6.42 Å². The molecule has 1 saturated carbocycles. The number of hydrogen-bond donors (Lipinski definition) is 1. The fourth-order valence-corrected chi connectivity index (χ4v) is 2.77. The Kier molecular flexibility index (Phi) is 4.64. The molecular weight excluding hydrogens is 224 g/mol. The van der Waals surface area contributed by atoms with E-state index in [1.807, 2.05) is 0 Å². The van der Waals surface area contributed by atoms with Crippen molar-refractivity contribution in [1.29, 1.82) is 0 Å². The summed E-state index contributed by atoms with van der Waals surface area (Å²) in [5.74, 6) is 1.13. The van der Waals surface area contributed by atoms with Gasteiger partial charge in [0.25, 0.3) is 0 Å². The highest BCUT2D eigenvalue weighted by atomic mass is 15.3. The van der Waals surface area contributed by atoms with Gasteiger partial charge in [0.1, 0.15) is 0 Å². The summed E-state index contributed by atoms with van der Waals surface area (Å²) in [5.41, 5.74) is 6.80. The molecule has 0 bridgehead atoms. The largest absolute Gasteiger partial charge is 0.345 e. The number of aryl methyl sites for hydroxylation is 1. The van der Waals surface area contributed by atoms with Gasteiger partial charge in [-0.15, -0.1) is 0 Å². The van der Waals surface area contributed by atoms with E-state index in [0.717, 1.165) is 31.9 Å². The van der Waals surface area contributed by atoms with Crippen LogP contribution < -0.4 is 10.6 Å². The lowest BCUT2D eigenvalue weighted by molar-refractivity contribution is 0.514. The van der Waals surface area contributed by atoms with Crippen LogP contribution >= 0.6 is 0 Å². The fraction of sp³-hybridized carbons (Fsp3) is 0.786. The maximum atomic E-state index is 5.59. The maximum Gasteiger partial charge on any atom is 0.205 e. The van der Waals surface area contributed by atoms with Crippen molar-refractivity contribution in [3.8, 4) is 0 Å². The third kappa shape index (κ3) is 2.86. The molecule has 0 saturated heterocycles. The van der Waals surface area contributed by atoms with Gasteiger partial charge in [0.05, 0.1) is 5.69 Å². The quantitative estimate of drug-likeness (QED) is 0.843. The molecule has 1 aromatic rings. The zero-order valence-corrected chi connectivity index (χ0v) is 11.7. The first kappa shape index (κ1) is 13.4. The van der Waals surface area contributed by atoms with E-state index in [1.54, 1.807) is 0 Å². The fourth-order valence-electron chi connectivity index (χ4n) is 2.77. The Hall–Kier alpha value is -1.03. The summed E-state index contributed by atoms with van der Waals surface area (Å²) >= 11 is 0. The van der Waals surface area contributed by atoms with Crippen LogP contribution in [0.3, 0.4) is 0 Å². The highest BCUT2D eigenvalue weighted by molar-refractivity contribution is 5.33. The van der Waals surface area contributed by atoms with Crippen LogP contribution in [0, 0.1) is 0 Å². The average Bonchev–Trinajstić information content (AvgIpc) is 3.03. The van der Waals surface area contributed by atoms with Gasteiger partial charge >= 0.3 is 0 Å². The smallest absolute Gasteiger partial charge is 0.205 e. The minimum atomic E-state index is 0.660. The normalized spacial score (nSPS) is 16.4. The summed E-state index contributed by atoms with van der Waals surface area (Å²) in [6, 6.07) is 0.660. The van der Waals surface area contributed by atoms with E-state index >= 15 is 0 Å². The van der Waals surface area contributed by atoms with Gasteiger partial charge in [0.2, 0.25) is 5.95 Å². The van der Waals surface area contributed by atoms with Gasteiger partial charge in [-0.3, -0.25) is 0 Å². The van der Waals surface area contributed by atoms with Crippen LogP contribution in [0.1, 0.15) is 50.8 Å². The molecule has 0 aliphatic heterocycles. The number of anilines is 1. The summed E-state index contributed by atoms with van der Waals surface area (Å²) in [6.45, 7) is 3.91. The molecule has 0 aromatic carbocycles. The van der Waals surface area contributed by atoms with Crippen molar-refractivity contribution >= 4 is 5.95 Å². The Morgan fingerprint density at radius 1 is 1.44 bits per heavy atom. The molecule has 1 aliphatic rings. The Bertz CT molecular complexity index is 366. The van der Waals surface area contributed by atoms with Gasteiger partial charge in [-0.25, -0.2) is 4.98 Å². The van der Waals surface area contributed by atoms with Crippen LogP contribution in [0.4, 0.5) is 5.95 Å². The van der Waals surface area contributed by atoms with Crippen LogP contribution in [-0.4, -0.2) is 29.7 Å². The second-order valence-electron chi connectivity index (χ2n) is 5.30. The topological polar surface area (TPSA) is 47.1 Å². The Morgan fingerprint density at radius 2 is 2.17 bits per heavy atom. The molecule has 1 fully saturated rings. The lowest BCUT2D eigenvalue weighted by Crippen LogP contribution is -2.25. The first-order chi connectivity index (χ1) is 8.76. The summed E-state index contributed by atoms with van der Waals surface area (Å²) in [6.07, 6.45) is 9.61. The molecule has 0 amide bonds. The number of nitrogens with zero attached hydrogens (tertiary/aromatic N) is 3. The van der Waals surface area contributed by atoms with Crippen LogP contribution in [0.2, 0.25) is 0 Å². The third-order valence-electron chi connectivity index (χ3n) is 3.88. The van der Waals surface area contributed by atoms with E-state index in [-0.39, 0.29) is 0 Å². The first-order valence-corrected chi connectivity index (χ1v) is 7.25. The third-order valence-corrected chi connectivity index (χ3v) is 3.88. The lowest BCUT2D eigenvalue weighted by atomic mass is 10.2. The summed E-state index contributed by atoms with van der Waals surface area (Å²) < 4.78 is 2.41. The van der Waals surface area contributed by atoms with E-state index < -0.39 is 0 Å². The molecule has 2 rings (SSSR count). The van der Waals surface area contributed by atoms with E-state index in [1.165, 1.54) is 31.4 Å². The molecule has 0 atom stereocenters. The Balaban J connectivity index is 2.17. The van der Waals surface area contributed by atoms with Crippen molar-refractivity contribution in [3.63, 3.8) is 0 Å². The highest BCUT2D eigenvalue weighted by Gasteiger charge is 2.22. The molecule has 1 aromatic heterocycles. The zero-order valence-electron chi connectivity index (χ0n) is 11.7. The molecule has 1 heterocycles. The SMILES string of the molecule is CCc1cn(C2CCCC2)c(N(C)CCCN)n1. The minimum Gasteiger partial charge on any atom is -0.345 e. The van der Waals surface area contributed by atoms with Crippen molar-refractivity contribution in [2.75, 3.05) is 25.0 Å². The highest BCUT2D eigenvalue weighted by Crippen LogP contribution is 2.33.